The topological polar surface area (TPSA) is 26.3 Å². The van der Waals surface area contributed by atoms with E-state index in [1.54, 1.807) is 6.92 Å². The lowest BCUT2D eigenvalue weighted by Gasteiger charge is -2.06. The van der Waals surface area contributed by atoms with E-state index in [0.29, 0.717) is 11.1 Å². The molecule has 0 amide bonds. The summed E-state index contributed by atoms with van der Waals surface area (Å²) in [5.74, 6) is -1.26. The van der Waals surface area contributed by atoms with Gasteiger partial charge in [-0.3, -0.25) is 4.79 Å². The van der Waals surface area contributed by atoms with Crippen LogP contribution >= 0.6 is 0 Å². The number of methoxy groups -OCH3 is 1. The average molecular weight is 262 g/mol. The van der Waals surface area contributed by atoms with Gasteiger partial charge in [-0.2, -0.15) is 0 Å². The van der Waals surface area contributed by atoms with E-state index >= 15 is 0 Å². The fourth-order valence-electron chi connectivity index (χ4n) is 1.76. The van der Waals surface area contributed by atoms with E-state index in [9.17, 15) is 13.6 Å². The van der Waals surface area contributed by atoms with E-state index in [4.69, 9.17) is 4.74 Å². The molecule has 0 atom stereocenters. The molecule has 0 aromatic heterocycles. The standard InChI is InChI=1S/C15H12F2O2/c1-9-7-10(3-5-12(9)16)15(18)11-4-6-14(19-2)13(17)8-11/h3-8H,1-2H3. The Hall–Kier alpha value is -2.23. The molecular formula is C15H12F2O2. The molecule has 19 heavy (non-hydrogen) atoms. The van der Waals surface area contributed by atoms with Crippen LogP contribution < -0.4 is 4.74 Å². The number of aryl methyl sites for hydroxylation is 1. The summed E-state index contributed by atoms with van der Waals surface area (Å²) in [7, 11) is 1.35. The highest BCUT2D eigenvalue weighted by molar-refractivity contribution is 6.09. The first-order valence-corrected chi connectivity index (χ1v) is 5.67. The van der Waals surface area contributed by atoms with Gasteiger partial charge in [0.05, 0.1) is 7.11 Å². The maximum absolute atomic E-state index is 13.5. The predicted molar refractivity (Wildman–Crippen MR) is 67.5 cm³/mol. The molecule has 0 radical (unpaired) electrons. The summed E-state index contributed by atoms with van der Waals surface area (Å²) in [6.45, 7) is 1.57. The lowest BCUT2D eigenvalue weighted by Crippen LogP contribution is -2.03. The second-order valence-electron chi connectivity index (χ2n) is 4.14. The summed E-state index contributed by atoms with van der Waals surface area (Å²) in [5.41, 5.74) is 0.896. The maximum Gasteiger partial charge on any atom is 0.193 e. The molecule has 0 aliphatic carbocycles. The fraction of sp³-hybridized carbons (Fsp3) is 0.133. The second kappa shape index (κ2) is 5.18. The lowest BCUT2D eigenvalue weighted by atomic mass is 10.0. The zero-order chi connectivity index (χ0) is 14.0. The Morgan fingerprint density at radius 1 is 1.00 bits per heavy atom. The van der Waals surface area contributed by atoms with Crippen LogP contribution in [-0.2, 0) is 0 Å². The number of rotatable bonds is 3. The van der Waals surface area contributed by atoms with Crippen LogP contribution in [0.15, 0.2) is 36.4 Å². The maximum atomic E-state index is 13.5. The van der Waals surface area contributed by atoms with Crippen LogP contribution in [-0.4, -0.2) is 12.9 Å². The molecular weight excluding hydrogens is 250 g/mol. The van der Waals surface area contributed by atoms with Crippen LogP contribution in [0.4, 0.5) is 8.78 Å². The first kappa shape index (κ1) is 13.2. The quantitative estimate of drug-likeness (QED) is 0.791. The van der Waals surface area contributed by atoms with E-state index in [1.165, 1.54) is 37.4 Å². The molecule has 0 spiro atoms. The van der Waals surface area contributed by atoms with E-state index < -0.39 is 5.82 Å². The number of ether oxygens (including phenoxy) is 1. The molecule has 0 saturated carbocycles. The summed E-state index contributed by atoms with van der Waals surface area (Å²) in [6, 6.07) is 8.02. The highest BCUT2D eigenvalue weighted by Crippen LogP contribution is 2.20. The van der Waals surface area contributed by atoms with Gasteiger partial charge >= 0.3 is 0 Å². The normalized spacial score (nSPS) is 10.3. The first-order chi connectivity index (χ1) is 9.02. The van der Waals surface area contributed by atoms with E-state index in [1.807, 2.05) is 0 Å². The summed E-state index contributed by atoms with van der Waals surface area (Å²) < 4.78 is 31.5. The molecule has 0 heterocycles. The van der Waals surface area contributed by atoms with Crippen molar-refractivity contribution in [2.24, 2.45) is 0 Å². The van der Waals surface area contributed by atoms with Gasteiger partial charge in [0.15, 0.2) is 17.3 Å². The molecule has 0 N–H and O–H groups in total. The van der Waals surface area contributed by atoms with Gasteiger partial charge in [-0.25, -0.2) is 8.78 Å². The SMILES string of the molecule is COc1ccc(C(=O)c2ccc(F)c(C)c2)cc1F. The average Bonchev–Trinajstić information content (AvgIpc) is 2.41. The summed E-state index contributed by atoms with van der Waals surface area (Å²) >= 11 is 0. The molecule has 2 rings (SSSR count). The monoisotopic (exact) mass is 262 g/mol. The Morgan fingerprint density at radius 3 is 2.21 bits per heavy atom. The molecule has 0 aliphatic heterocycles. The van der Waals surface area contributed by atoms with Crippen LogP contribution in [0.3, 0.4) is 0 Å². The fourth-order valence-corrected chi connectivity index (χ4v) is 1.76. The van der Waals surface area contributed by atoms with Crippen LogP contribution in [0.2, 0.25) is 0 Å². The molecule has 2 aromatic carbocycles. The van der Waals surface area contributed by atoms with Crippen LogP contribution in [0.1, 0.15) is 21.5 Å². The molecule has 4 heteroatoms. The van der Waals surface area contributed by atoms with Gasteiger partial charge in [-0.05, 0) is 48.9 Å². The van der Waals surface area contributed by atoms with Crippen LogP contribution in [0.25, 0.3) is 0 Å². The van der Waals surface area contributed by atoms with Crippen molar-refractivity contribution in [3.8, 4) is 5.75 Å². The molecule has 0 bridgehead atoms. The number of hydrogen-bond donors (Lipinski definition) is 0. The molecule has 98 valence electrons. The van der Waals surface area contributed by atoms with Crippen molar-refractivity contribution in [1.82, 2.24) is 0 Å². The van der Waals surface area contributed by atoms with Crippen molar-refractivity contribution in [3.63, 3.8) is 0 Å². The first-order valence-electron chi connectivity index (χ1n) is 5.67. The van der Waals surface area contributed by atoms with E-state index in [0.717, 1.165) is 6.07 Å². The van der Waals surface area contributed by atoms with Crippen molar-refractivity contribution in [2.75, 3.05) is 7.11 Å². The minimum atomic E-state index is -0.604. The highest BCUT2D eigenvalue weighted by Gasteiger charge is 2.13. The number of carbonyl (C=O) groups excluding carboxylic acids is 1. The molecule has 2 nitrogen and oxygen atoms in total. The second-order valence-corrected chi connectivity index (χ2v) is 4.14. The highest BCUT2D eigenvalue weighted by atomic mass is 19.1. The van der Waals surface area contributed by atoms with Gasteiger partial charge in [-0.1, -0.05) is 0 Å². The zero-order valence-corrected chi connectivity index (χ0v) is 10.5. The Kier molecular flexibility index (Phi) is 3.60. The van der Waals surface area contributed by atoms with Gasteiger partial charge in [0.2, 0.25) is 0 Å². The number of benzene rings is 2. The minimum absolute atomic E-state index is 0.0758. The molecule has 0 saturated heterocycles. The van der Waals surface area contributed by atoms with Gasteiger partial charge < -0.3 is 4.74 Å². The van der Waals surface area contributed by atoms with E-state index in [2.05, 4.69) is 0 Å². The lowest BCUT2D eigenvalue weighted by molar-refractivity contribution is 0.103. The third-order valence-electron chi connectivity index (χ3n) is 2.83. The number of hydrogen-bond acceptors (Lipinski definition) is 2. The number of carbonyl (C=O) groups is 1. The number of halogens is 2. The summed E-state index contributed by atoms with van der Waals surface area (Å²) in [4.78, 5) is 12.1. The predicted octanol–water partition coefficient (Wildman–Crippen LogP) is 3.51. The number of ketones is 1. The minimum Gasteiger partial charge on any atom is -0.494 e. The van der Waals surface area contributed by atoms with Gasteiger partial charge in [0.1, 0.15) is 5.82 Å². The summed E-state index contributed by atoms with van der Waals surface area (Å²) in [6.07, 6.45) is 0. The van der Waals surface area contributed by atoms with Gasteiger partial charge in [-0.15, -0.1) is 0 Å². The third-order valence-corrected chi connectivity index (χ3v) is 2.83. The molecule has 0 aliphatic rings. The Bertz CT molecular complexity index is 636. The summed E-state index contributed by atoms with van der Waals surface area (Å²) in [5, 5.41) is 0. The smallest absolute Gasteiger partial charge is 0.193 e. The molecule has 2 aromatic rings. The van der Waals surface area contributed by atoms with Crippen LogP contribution in [0, 0.1) is 18.6 Å². The van der Waals surface area contributed by atoms with Crippen molar-refractivity contribution in [2.45, 2.75) is 6.92 Å². The Morgan fingerprint density at radius 2 is 1.63 bits per heavy atom. The Labute approximate surface area is 109 Å². The van der Waals surface area contributed by atoms with Gasteiger partial charge in [0, 0.05) is 11.1 Å². The van der Waals surface area contributed by atoms with Crippen LogP contribution in [0.5, 0.6) is 5.75 Å². The van der Waals surface area contributed by atoms with Gasteiger partial charge in [0.25, 0.3) is 0 Å². The molecule has 0 fully saturated rings. The van der Waals surface area contributed by atoms with Crippen molar-refractivity contribution in [3.05, 3.63) is 64.7 Å². The van der Waals surface area contributed by atoms with Crippen molar-refractivity contribution in [1.29, 1.82) is 0 Å². The molecule has 0 unspecified atom stereocenters. The largest absolute Gasteiger partial charge is 0.494 e. The van der Waals surface area contributed by atoms with Crippen molar-refractivity contribution >= 4 is 5.78 Å². The zero-order valence-electron chi connectivity index (χ0n) is 10.5. The Balaban J connectivity index is 2.38. The van der Waals surface area contributed by atoms with Crippen molar-refractivity contribution < 1.29 is 18.3 Å². The third kappa shape index (κ3) is 2.62. The van der Waals surface area contributed by atoms with E-state index in [-0.39, 0.29) is 22.9 Å².